The lowest BCUT2D eigenvalue weighted by Crippen LogP contribution is -2.55. The van der Waals surface area contributed by atoms with Gasteiger partial charge in [-0.25, -0.2) is 15.0 Å². The van der Waals surface area contributed by atoms with E-state index < -0.39 is 0 Å². The molecule has 0 amide bonds. The monoisotopic (exact) mass is 709 g/mol. The molecule has 6 aromatic carbocycles. The molecule has 0 saturated heterocycles. The Labute approximate surface area is 323 Å². The van der Waals surface area contributed by atoms with E-state index in [1.807, 2.05) is 36.4 Å². The van der Waals surface area contributed by atoms with Crippen LogP contribution in [0.25, 0.3) is 67.5 Å². The zero-order chi connectivity index (χ0) is 36.5. The van der Waals surface area contributed by atoms with Gasteiger partial charge >= 0.3 is 0 Å². The summed E-state index contributed by atoms with van der Waals surface area (Å²) in [6, 6.07) is 51.1. The van der Waals surface area contributed by atoms with Crippen LogP contribution < -0.4 is 0 Å². The number of aromatic nitrogens is 3. The summed E-state index contributed by atoms with van der Waals surface area (Å²) in [6.45, 7) is 4.94. The fraction of sp³-hybridized carbons (Fsp3) is 0.250. The number of hydrogen-bond acceptors (Lipinski definition) is 3. The Balaban J connectivity index is 1.04. The van der Waals surface area contributed by atoms with Crippen molar-refractivity contribution < 1.29 is 0 Å². The van der Waals surface area contributed by atoms with Gasteiger partial charge in [0.15, 0.2) is 17.5 Å². The van der Waals surface area contributed by atoms with Crippen molar-refractivity contribution in [2.24, 2.45) is 23.7 Å². The van der Waals surface area contributed by atoms with E-state index in [9.17, 15) is 0 Å². The van der Waals surface area contributed by atoms with E-state index in [-0.39, 0.29) is 10.8 Å². The summed E-state index contributed by atoms with van der Waals surface area (Å²) in [5.74, 6) is 5.31. The molecular weight excluding hydrogens is 667 g/mol. The molecule has 4 saturated carbocycles. The quantitative estimate of drug-likeness (QED) is 0.183. The minimum atomic E-state index is -0.0887. The van der Waals surface area contributed by atoms with Crippen molar-refractivity contribution in [1.29, 1.82) is 0 Å². The van der Waals surface area contributed by atoms with E-state index in [4.69, 9.17) is 15.0 Å². The molecule has 7 aromatic rings. The van der Waals surface area contributed by atoms with Crippen molar-refractivity contribution in [2.45, 2.75) is 56.8 Å². The summed E-state index contributed by atoms with van der Waals surface area (Å²) >= 11 is 0. The van der Waals surface area contributed by atoms with Crippen molar-refractivity contribution >= 4 is 0 Å². The maximum Gasteiger partial charge on any atom is 0.164 e. The van der Waals surface area contributed by atoms with Crippen molar-refractivity contribution in [2.75, 3.05) is 0 Å². The Bertz CT molecular complexity index is 2590. The summed E-state index contributed by atoms with van der Waals surface area (Å²) in [4.78, 5) is 15.0. The molecule has 0 unspecified atom stereocenters. The van der Waals surface area contributed by atoms with Gasteiger partial charge in [-0.15, -0.1) is 0 Å². The second kappa shape index (κ2) is 11.4. The van der Waals surface area contributed by atoms with E-state index in [2.05, 4.69) is 117 Å². The first-order chi connectivity index (χ1) is 27.0. The van der Waals surface area contributed by atoms with E-state index in [1.54, 1.807) is 16.7 Å². The molecule has 4 fully saturated rings. The number of rotatable bonds is 4. The third kappa shape index (κ3) is 4.36. The number of benzene rings is 6. The molecular formula is C52H43N3. The topological polar surface area (TPSA) is 38.7 Å². The van der Waals surface area contributed by atoms with Crippen LogP contribution >= 0.6 is 0 Å². The third-order valence-electron chi connectivity index (χ3n) is 14.5. The van der Waals surface area contributed by atoms with Crippen LogP contribution in [0.15, 0.2) is 140 Å². The highest BCUT2D eigenvalue weighted by atomic mass is 15.0. The zero-order valence-corrected chi connectivity index (χ0v) is 31.5. The summed E-state index contributed by atoms with van der Waals surface area (Å²) < 4.78 is 0. The van der Waals surface area contributed by atoms with Crippen LogP contribution in [0.5, 0.6) is 0 Å². The zero-order valence-electron chi connectivity index (χ0n) is 31.5. The van der Waals surface area contributed by atoms with Crippen molar-refractivity contribution in [3.05, 3.63) is 162 Å². The molecule has 6 aliphatic carbocycles. The lowest BCUT2D eigenvalue weighted by atomic mass is 9.43. The van der Waals surface area contributed by atoms with E-state index in [0.717, 1.165) is 28.5 Å². The second-order valence-corrected chi connectivity index (χ2v) is 17.6. The Hall–Kier alpha value is -5.67. The van der Waals surface area contributed by atoms with Gasteiger partial charge in [0, 0.05) is 27.5 Å². The molecule has 3 nitrogen and oxygen atoms in total. The highest BCUT2D eigenvalue weighted by Gasteiger charge is 2.62. The van der Waals surface area contributed by atoms with Crippen LogP contribution in [-0.4, -0.2) is 15.0 Å². The molecule has 1 heterocycles. The van der Waals surface area contributed by atoms with Crippen LogP contribution in [0.4, 0.5) is 0 Å². The molecule has 266 valence electrons. The lowest BCUT2D eigenvalue weighted by molar-refractivity contribution is -0.0399. The van der Waals surface area contributed by atoms with Gasteiger partial charge in [0.1, 0.15) is 0 Å². The SMILES string of the molecule is CC1(C)c2ccccc2-c2ccc3c(c21)-c1c(-c2ccc(-c4nc(-c5ccccc5)nc(-c5ccccc5)n4)cc2)cccc1C31C2CC3CC(C2)CC1C3. The average molecular weight is 710 g/mol. The molecule has 6 aliphatic rings. The maximum absolute atomic E-state index is 5.04. The molecule has 1 aromatic heterocycles. The highest BCUT2D eigenvalue weighted by Crippen LogP contribution is 2.72. The van der Waals surface area contributed by atoms with Gasteiger partial charge in [0.05, 0.1) is 0 Å². The highest BCUT2D eigenvalue weighted by molar-refractivity contribution is 6.00. The van der Waals surface area contributed by atoms with Crippen molar-refractivity contribution in [3.8, 4) is 67.5 Å². The first-order valence-corrected chi connectivity index (χ1v) is 20.4. The smallest absolute Gasteiger partial charge is 0.164 e. The van der Waals surface area contributed by atoms with E-state index in [1.165, 1.54) is 71.0 Å². The molecule has 0 atom stereocenters. The molecule has 1 spiro atoms. The minimum Gasteiger partial charge on any atom is -0.208 e. The van der Waals surface area contributed by atoms with Crippen LogP contribution in [0.3, 0.4) is 0 Å². The molecule has 55 heavy (non-hydrogen) atoms. The molecule has 4 bridgehead atoms. The van der Waals surface area contributed by atoms with E-state index >= 15 is 0 Å². The molecule has 0 aliphatic heterocycles. The van der Waals surface area contributed by atoms with Gasteiger partial charge in [-0.2, -0.15) is 0 Å². The average Bonchev–Trinajstić information content (AvgIpc) is 3.66. The van der Waals surface area contributed by atoms with Crippen LogP contribution in [0.1, 0.15) is 68.2 Å². The van der Waals surface area contributed by atoms with Gasteiger partial charge in [-0.3, -0.25) is 0 Å². The minimum absolute atomic E-state index is 0.0887. The summed E-state index contributed by atoms with van der Waals surface area (Å²) in [7, 11) is 0. The lowest BCUT2D eigenvalue weighted by Gasteiger charge is -2.61. The van der Waals surface area contributed by atoms with E-state index in [0.29, 0.717) is 29.3 Å². The van der Waals surface area contributed by atoms with Crippen molar-refractivity contribution in [1.82, 2.24) is 15.0 Å². The Morgan fingerprint density at radius 3 is 1.51 bits per heavy atom. The normalized spacial score (nSPS) is 24.4. The number of hydrogen-bond donors (Lipinski definition) is 0. The maximum atomic E-state index is 5.04. The molecule has 0 N–H and O–H groups in total. The molecule has 3 heteroatoms. The van der Waals surface area contributed by atoms with Gasteiger partial charge in [0.2, 0.25) is 0 Å². The first-order valence-electron chi connectivity index (χ1n) is 20.4. The van der Waals surface area contributed by atoms with Crippen LogP contribution in [0, 0.1) is 23.7 Å². The van der Waals surface area contributed by atoms with Gasteiger partial charge in [-0.05, 0) is 111 Å². The Morgan fingerprint density at radius 2 is 0.891 bits per heavy atom. The molecule has 0 radical (unpaired) electrons. The summed E-state index contributed by atoms with van der Waals surface area (Å²) in [5.41, 5.74) is 17.7. The molecule has 13 rings (SSSR count). The van der Waals surface area contributed by atoms with Crippen molar-refractivity contribution in [3.63, 3.8) is 0 Å². The standard InChI is InChI=1S/C52H43N3/c1-51(2)42-18-10-9-16-40(42)41-24-25-44-46(47(41)51)45-39(17-11-19-43(45)52(44)37-27-31-26-32(29-37)30-38(52)28-31)33-20-22-36(23-21-33)50-54-48(34-12-5-3-6-13-34)53-49(55-50)35-14-7-4-8-15-35/h3-25,31-32,37-38H,26-30H2,1-2H3. The van der Waals surface area contributed by atoms with Gasteiger partial charge < -0.3 is 0 Å². The van der Waals surface area contributed by atoms with Gasteiger partial charge in [0.25, 0.3) is 0 Å². The number of nitrogens with zero attached hydrogens (tertiary/aromatic N) is 3. The van der Waals surface area contributed by atoms with Gasteiger partial charge in [-0.1, -0.05) is 153 Å². The Kier molecular flexibility index (Phi) is 6.58. The largest absolute Gasteiger partial charge is 0.208 e. The predicted molar refractivity (Wildman–Crippen MR) is 222 cm³/mol. The fourth-order valence-electron chi connectivity index (χ4n) is 12.6. The predicted octanol–water partition coefficient (Wildman–Crippen LogP) is 12.6. The second-order valence-electron chi connectivity index (χ2n) is 17.6. The summed E-state index contributed by atoms with van der Waals surface area (Å²) in [6.07, 6.45) is 6.99. The third-order valence-corrected chi connectivity index (χ3v) is 14.5. The first kappa shape index (κ1) is 31.7. The number of fused-ring (bicyclic) bond motifs is 7. The summed E-state index contributed by atoms with van der Waals surface area (Å²) in [5, 5.41) is 0. The van der Waals surface area contributed by atoms with Crippen LogP contribution in [0.2, 0.25) is 0 Å². The Morgan fingerprint density at radius 1 is 0.400 bits per heavy atom. The fourth-order valence-corrected chi connectivity index (χ4v) is 12.6. The van der Waals surface area contributed by atoms with Crippen LogP contribution in [-0.2, 0) is 10.8 Å².